The van der Waals surface area contributed by atoms with Gasteiger partial charge in [-0.05, 0) is 37.1 Å². The SMILES string of the molecule is Cc1cccc(CCNC(=O)N2CCN(c3cccc(Cl)c3)CC2)c1. The molecule has 0 aliphatic carbocycles. The van der Waals surface area contributed by atoms with E-state index >= 15 is 0 Å². The van der Waals surface area contributed by atoms with Crippen LogP contribution in [0.5, 0.6) is 0 Å². The van der Waals surface area contributed by atoms with Crippen LogP contribution in [-0.2, 0) is 6.42 Å². The zero-order chi connectivity index (χ0) is 17.6. The van der Waals surface area contributed by atoms with Crippen molar-refractivity contribution in [3.05, 3.63) is 64.7 Å². The van der Waals surface area contributed by atoms with E-state index in [1.807, 2.05) is 23.1 Å². The summed E-state index contributed by atoms with van der Waals surface area (Å²) in [6, 6.07) is 16.3. The maximum Gasteiger partial charge on any atom is 0.317 e. The smallest absolute Gasteiger partial charge is 0.317 e. The van der Waals surface area contributed by atoms with Gasteiger partial charge in [0.2, 0.25) is 0 Å². The minimum atomic E-state index is 0.0263. The molecule has 1 saturated heterocycles. The Hall–Kier alpha value is -2.20. The van der Waals surface area contributed by atoms with E-state index in [1.165, 1.54) is 11.1 Å². The molecule has 0 atom stereocenters. The molecule has 1 N–H and O–H groups in total. The van der Waals surface area contributed by atoms with E-state index in [0.29, 0.717) is 6.54 Å². The van der Waals surface area contributed by atoms with E-state index in [9.17, 15) is 4.79 Å². The number of aryl methyl sites for hydroxylation is 1. The highest BCUT2D eigenvalue weighted by atomic mass is 35.5. The minimum absolute atomic E-state index is 0.0263. The van der Waals surface area contributed by atoms with Crippen molar-refractivity contribution < 1.29 is 4.79 Å². The van der Waals surface area contributed by atoms with E-state index in [4.69, 9.17) is 11.6 Å². The van der Waals surface area contributed by atoms with Crippen LogP contribution in [0.4, 0.5) is 10.5 Å². The molecule has 1 aliphatic heterocycles. The molecule has 3 rings (SSSR count). The normalized spacial score (nSPS) is 14.5. The first-order chi connectivity index (χ1) is 12.1. The molecule has 2 amide bonds. The lowest BCUT2D eigenvalue weighted by Gasteiger charge is -2.36. The van der Waals surface area contributed by atoms with Gasteiger partial charge in [-0.2, -0.15) is 0 Å². The molecule has 0 spiro atoms. The average molecular weight is 358 g/mol. The number of nitrogens with zero attached hydrogens (tertiary/aromatic N) is 2. The van der Waals surface area contributed by atoms with Crippen molar-refractivity contribution in [3.8, 4) is 0 Å². The second kappa shape index (κ2) is 8.26. The summed E-state index contributed by atoms with van der Waals surface area (Å²) in [5.41, 5.74) is 3.62. The number of amides is 2. The number of piperazine rings is 1. The number of benzene rings is 2. The van der Waals surface area contributed by atoms with Crippen LogP contribution in [0.25, 0.3) is 0 Å². The van der Waals surface area contributed by atoms with Gasteiger partial charge >= 0.3 is 6.03 Å². The highest BCUT2D eigenvalue weighted by Crippen LogP contribution is 2.20. The fourth-order valence-corrected chi connectivity index (χ4v) is 3.32. The molecule has 2 aromatic carbocycles. The van der Waals surface area contributed by atoms with E-state index in [2.05, 4.69) is 47.5 Å². The molecule has 1 heterocycles. The van der Waals surface area contributed by atoms with E-state index in [1.54, 1.807) is 0 Å². The quantitative estimate of drug-likeness (QED) is 0.905. The van der Waals surface area contributed by atoms with Crippen molar-refractivity contribution >= 4 is 23.3 Å². The number of rotatable bonds is 4. The molecule has 132 valence electrons. The van der Waals surface area contributed by atoms with Crippen molar-refractivity contribution in [2.45, 2.75) is 13.3 Å². The third kappa shape index (κ3) is 4.89. The Balaban J connectivity index is 1.44. The van der Waals surface area contributed by atoms with Gasteiger partial charge in [0.05, 0.1) is 0 Å². The summed E-state index contributed by atoms with van der Waals surface area (Å²) < 4.78 is 0. The van der Waals surface area contributed by atoms with Gasteiger partial charge in [-0.25, -0.2) is 4.79 Å². The second-order valence-electron chi connectivity index (χ2n) is 6.42. The van der Waals surface area contributed by atoms with Gasteiger partial charge in [0, 0.05) is 43.4 Å². The Morgan fingerprint density at radius 2 is 1.84 bits per heavy atom. The molecule has 0 saturated carbocycles. The minimum Gasteiger partial charge on any atom is -0.368 e. The number of hydrogen-bond donors (Lipinski definition) is 1. The third-order valence-electron chi connectivity index (χ3n) is 4.51. The van der Waals surface area contributed by atoms with Crippen LogP contribution in [0, 0.1) is 6.92 Å². The van der Waals surface area contributed by atoms with Gasteiger partial charge in [-0.15, -0.1) is 0 Å². The Kier molecular flexibility index (Phi) is 5.82. The van der Waals surface area contributed by atoms with Crippen molar-refractivity contribution in [2.75, 3.05) is 37.6 Å². The molecule has 0 aromatic heterocycles. The van der Waals surface area contributed by atoms with Gasteiger partial charge in [0.1, 0.15) is 0 Å². The lowest BCUT2D eigenvalue weighted by atomic mass is 10.1. The molecule has 5 heteroatoms. The van der Waals surface area contributed by atoms with Crippen LogP contribution >= 0.6 is 11.6 Å². The summed E-state index contributed by atoms with van der Waals surface area (Å²) in [7, 11) is 0. The number of anilines is 1. The van der Waals surface area contributed by atoms with E-state index in [0.717, 1.165) is 43.3 Å². The van der Waals surface area contributed by atoms with Gasteiger partial charge in [-0.3, -0.25) is 0 Å². The number of carbonyl (C=O) groups is 1. The summed E-state index contributed by atoms with van der Waals surface area (Å²) in [6.45, 7) is 5.85. The highest BCUT2D eigenvalue weighted by molar-refractivity contribution is 6.30. The monoisotopic (exact) mass is 357 g/mol. The standard InChI is InChI=1S/C20H24ClN3O/c1-16-4-2-5-17(14-16)8-9-22-20(25)24-12-10-23(11-13-24)19-7-3-6-18(21)15-19/h2-7,14-15H,8-13H2,1H3,(H,22,25). The Labute approximate surface area is 154 Å². The Bertz CT molecular complexity index is 726. The first-order valence-corrected chi connectivity index (χ1v) is 9.08. The maximum absolute atomic E-state index is 12.3. The number of hydrogen-bond acceptors (Lipinski definition) is 2. The molecule has 0 unspecified atom stereocenters. The largest absolute Gasteiger partial charge is 0.368 e. The summed E-state index contributed by atoms with van der Waals surface area (Å²) in [5, 5.41) is 3.78. The zero-order valence-corrected chi connectivity index (χ0v) is 15.3. The van der Waals surface area contributed by atoms with Crippen molar-refractivity contribution in [1.29, 1.82) is 0 Å². The van der Waals surface area contributed by atoms with Crippen LogP contribution in [0.15, 0.2) is 48.5 Å². The topological polar surface area (TPSA) is 35.6 Å². The Morgan fingerprint density at radius 1 is 1.08 bits per heavy atom. The molecule has 1 aliphatic rings. The molecule has 2 aromatic rings. The number of urea groups is 1. The van der Waals surface area contributed by atoms with Crippen molar-refractivity contribution in [3.63, 3.8) is 0 Å². The van der Waals surface area contributed by atoms with Crippen molar-refractivity contribution in [2.24, 2.45) is 0 Å². The molecule has 0 bridgehead atoms. The van der Waals surface area contributed by atoms with Crippen LogP contribution in [0.3, 0.4) is 0 Å². The van der Waals surface area contributed by atoms with Gasteiger partial charge < -0.3 is 15.1 Å². The van der Waals surface area contributed by atoms with Gasteiger partial charge in [-0.1, -0.05) is 47.5 Å². The van der Waals surface area contributed by atoms with Crippen LogP contribution in [0.1, 0.15) is 11.1 Å². The second-order valence-corrected chi connectivity index (χ2v) is 6.86. The average Bonchev–Trinajstić information content (AvgIpc) is 2.62. The third-order valence-corrected chi connectivity index (χ3v) is 4.75. The predicted molar refractivity (Wildman–Crippen MR) is 104 cm³/mol. The van der Waals surface area contributed by atoms with Gasteiger partial charge in [0.25, 0.3) is 0 Å². The first-order valence-electron chi connectivity index (χ1n) is 8.71. The summed E-state index contributed by atoms with van der Waals surface area (Å²) in [6.07, 6.45) is 0.857. The van der Waals surface area contributed by atoms with E-state index in [-0.39, 0.29) is 6.03 Å². The summed E-state index contributed by atoms with van der Waals surface area (Å²) in [5.74, 6) is 0. The van der Waals surface area contributed by atoms with E-state index < -0.39 is 0 Å². The molecule has 1 fully saturated rings. The maximum atomic E-state index is 12.3. The predicted octanol–water partition coefficient (Wildman–Crippen LogP) is 3.72. The summed E-state index contributed by atoms with van der Waals surface area (Å²) in [4.78, 5) is 16.5. The fraction of sp³-hybridized carbons (Fsp3) is 0.350. The molecular weight excluding hydrogens is 334 g/mol. The fourth-order valence-electron chi connectivity index (χ4n) is 3.13. The number of nitrogens with one attached hydrogen (secondary N) is 1. The number of carbonyl (C=O) groups excluding carboxylic acids is 1. The Morgan fingerprint density at radius 3 is 2.56 bits per heavy atom. The van der Waals surface area contributed by atoms with Gasteiger partial charge in [0.15, 0.2) is 0 Å². The number of halogens is 1. The lowest BCUT2D eigenvalue weighted by molar-refractivity contribution is 0.194. The zero-order valence-electron chi connectivity index (χ0n) is 14.5. The van der Waals surface area contributed by atoms with Crippen LogP contribution in [0.2, 0.25) is 5.02 Å². The lowest BCUT2D eigenvalue weighted by Crippen LogP contribution is -2.52. The molecule has 4 nitrogen and oxygen atoms in total. The molecule has 25 heavy (non-hydrogen) atoms. The first kappa shape index (κ1) is 17.6. The van der Waals surface area contributed by atoms with Crippen LogP contribution in [-0.4, -0.2) is 43.7 Å². The summed E-state index contributed by atoms with van der Waals surface area (Å²) >= 11 is 6.06. The van der Waals surface area contributed by atoms with Crippen LogP contribution < -0.4 is 10.2 Å². The molecular formula is C20H24ClN3O. The van der Waals surface area contributed by atoms with Crippen molar-refractivity contribution in [1.82, 2.24) is 10.2 Å². The highest BCUT2D eigenvalue weighted by Gasteiger charge is 2.21. The molecule has 0 radical (unpaired) electrons.